The van der Waals surface area contributed by atoms with Crippen molar-refractivity contribution in [3.63, 3.8) is 0 Å². The summed E-state index contributed by atoms with van der Waals surface area (Å²) in [5, 5.41) is 4.51. The number of nitrogens with one attached hydrogen (secondary N) is 1. The van der Waals surface area contributed by atoms with Crippen LogP contribution >= 0.6 is 11.3 Å². The fraction of sp³-hybridized carbons (Fsp3) is 0.0870. The number of carbonyl (C=O) groups is 3. The second-order valence-electron chi connectivity index (χ2n) is 6.69. The summed E-state index contributed by atoms with van der Waals surface area (Å²) < 4.78 is 0. The van der Waals surface area contributed by atoms with Crippen LogP contribution < -0.4 is 5.32 Å². The first-order valence-electron chi connectivity index (χ1n) is 9.07. The Labute approximate surface area is 176 Å². The van der Waals surface area contributed by atoms with E-state index < -0.39 is 0 Å². The summed E-state index contributed by atoms with van der Waals surface area (Å²) >= 11 is 1.31. The number of hydrogen-bond acceptors (Lipinski definition) is 5. The molecule has 0 atom stereocenters. The molecule has 0 fully saturated rings. The Kier molecular flexibility index (Phi) is 5.09. The van der Waals surface area contributed by atoms with Crippen molar-refractivity contribution in [2.24, 2.45) is 4.99 Å². The molecule has 2 aromatic carbocycles. The van der Waals surface area contributed by atoms with E-state index in [1.807, 2.05) is 5.38 Å². The molecule has 0 bridgehead atoms. The van der Waals surface area contributed by atoms with Gasteiger partial charge in [0.25, 0.3) is 0 Å². The highest BCUT2D eigenvalue weighted by Crippen LogP contribution is 2.36. The van der Waals surface area contributed by atoms with Crippen molar-refractivity contribution in [1.82, 2.24) is 0 Å². The molecule has 0 saturated heterocycles. The second kappa shape index (κ2) is 7.85. The van der Waals surface area contributed by atoms with Crippen LogP contribution in [0, 0.1) is 6.57 Å². The topological polar surface area (TPSA) is 80.0 Å². The quantitative estimate of drug-likeness (QED) is 0.493. The molecular weight excluding hydrogens is 398 g/mol. The molecule has 4 rings (SSSR count). The molecule has 6 nitrogen and oxygen atoms in total. The number of ketones is 2. The molecular formula is C23H15N3O3S. The third kappa shape index (κ3) is 3.56. The van der Waals surface area contributed by atoms with Crippen LogP contribution in [0.25, 0.3) is 16.0 Å². The number of fused-ring (bicyclic) bond motifs is 1. The van der Waals surface area contributed by atoms with Gasteiger partial charge in [0.2, 0.25) is 11.7 Å². The molecule has 0 spiro atoms. The van der Waals surface area contributed by atoms with Crippen LogP contribution in [-0.2, 0) is 4.79 Å². The molecule has 0 saturated carbocycles. The first-order chi connectivity index (χ1) is 14.5. The lowest BCUT2D eigenvalue weighted by Crippen LogP contribution is -2.24. The van der Waals surface area contributed by atoms with E-state index in [9.17, 15) is 14.4 Å². The number of nitrogens with zero attached hydrogens (tertiary/aromatic N) is 2. The summed E-state index contributed by atoms with van der Waals surface area (Å²) in [6.45, 7) is 8.41. The summed E-state index contributed by atoms with van der Waals surface area (Å²) in [4.78, 5) is 45.0. The summed E-state index contributed by atoms with van der Waals surface area (Å²) in [6, 6.07) is 13.6. The van der Waals surface area contributed by atoms with Gasteiger partial charge in [0.15, 0.2) is 11.5 Å². The maximum absolute atomic E-state index is 13.1. The standard InChI is InChI=1S/C23H15N3O3S/c1-13(27)26-17-9-5-15(6-10-17)22(29)21-23-20(19(28)11-25-21)18(12-30-23)14-3-7-16(24-2)8-4-14/h3-10,12H,11H2,1H3,(H,26,27). The van der Waals surface area contributed by atoms with Gasteiger partial charge in [-0.05, 0) is 29.8 Å². The third-order valence-electron chi connectivity index (χ3n) is 4.66. The van der Waals surface area contributed by atoms with E-state index in [0.717, 1.165) is 11.1 Å². The predicted octanol–water partition coefficient (Wildman–Crippen LogP) is 4.79. The summed E-state index contributed by atoms with van der Waals surface area (Å²) in [5.74, 6) is -0.590. The van der Waals surface area contributed by atoms with Crippen molar-refractivity contribution in [2.75, 3.05) is 11.9 Å². The van der Waals surface area contributed by atoms with E-state index >= 15 is 0 Å². The number of thiophene rings is 1. The van der Waals surface area contributed by atoms with Gasteiger partial charge in [-0.15, -0.1) is 11.3 Å². The average molecular weight is 413 g/mol. The van der Waals surface area contributed by atoms with Crippen molar-refractivity contribution >= 4 is 45.9 Å². The van der Waals surface area contributed by atoms with Gasteiger partial charge >= 0.3 is 0 Å². The zero-order valence-electron chi connectivity index (χ0n) is 15.9. The van der Waals surface area contributed by atoms with E-state index in [-0.39, 0.29) is 29.7 Å². The summed E-state index contributed by atoms with van der Waals surface area (Å²) in [7, 11) is 0. The lowest BCUT2D eigenvalue weighted by molar-refractivity contribution is -0.114. The summed E-state index contributed by atoms with van der Waals surface area (Å²) in [6.07, 6.45) is 0. The Morgan fingerprint density at radius 2 is 1.80 bits per heavy atom. The van der Waals surface area contributed by atoms with E-state index in [0.29, 0.717) is 27.4 Å². The molecule has 7 heteroatoms. The van der Waals surface area contributed by atoms with Gasteiger partial charge in [-0.3, -0.25) is 19.4 Å². The van der Waals surface area contributed by atoms with Crippen LogP contribution in [-0.4, -0.2) is 29.7 Å². The van der Waals surface area contributed by atoms with Gasteiger partial charge in [-0.2, -0.15) is 0 Å². The highest BCUT2D eigenvalue weighted by molar-refractivity contribution is 7.14. The zero-order chi connectivity index (χ0) is 21.3. The molecule has 2 heterocycles. The smallest absolute Gasteiger partial charge is 0.221 e. The van der Waals surface area contributed by atoms with Crippen LogP contribution in [0.15, 0.2) is 58.9 Å². The summed E-state index contributed by atoms with van der Waals surface area (Å²) in [5.41, 5.74) is 3.89. The van der Waals surface area contributed by atoms with Gasteiger partial charge in [0.05, 0.1) is 11.4 Å². The van der Waals surface area contributed by atoms with Gasteiger partial charge in [0, 0.05) is 34.7 Å². The highest BCUT2D eigenvalue weighted by Gasteiger charge is 2.30. The first kappa shape index (κ1) is 19.4. The number of carbonyl (C=O) groups excluding carboxylic acids is 3. The Morgan fingerprint density at radius 1 is 1.10 bits per heavy atom. The normalized spacial score (nSPS) is 12.5. The molecule has 1 aliphatic rings. The number of aliphatic imine (C=N–C) groups is 1. The van der Waals surface area contributed by atoms with Crippen molar-refractivity contribution in [3.8, 4) is 11.1 Å². The van der Waals surface area contributed by atoms with Crippen LogP contribution in [0.1, 0.15) is 32.5 Å². The van der Waals surface area contributed by atoms with Crippen LogP contribution in [0.2, 0.25) is 0 Å². The molecule has 0 radical (unpaired) electrons. The number of hydrogen-bond donors (Lipinski definition) is 1. The van der Waals surface area contributed by atoms with Gasteiger partial charge < -0.3 is 5.32 Å². The molecule has 0 unspecified atom stereocenters. The van der Waals surface area contributed by atoms with Gasteiger partial charge in [-0.1, -0.05) is 24.3 Å². The SMILES string of the molecule is [C-]#[N+]c1ccc(-c2csc3c2C(=O)CN=C3C(=O)c2ccc(NC(C)=O)cc2)cc1. The lowest BCUT2D eigenvalue weighted by atomic mass is 9.94. The van der Waals surface area contributed by atoms with Crippen molar-refractivity contribution in [1.29, 1.82) is 0 Å². The number of anilines is 1. The Hall–Kier alpha value is -3.89. The highest BCUT2D eigenvalue weighted by atomic mass is 32.1. The first-order valence-corrected chi connectivity index (χ1v) is 9.95. The monoisotopic (exact) mass is 413 g/mol. The molecule has 1 aliphatic heterocycles. The van der Waals surface area contributed by atoms with E-state index in [4.69, 9.17) is 6.57 Å². The molecule has 146 valence electrons. The van der Waals surface area contributed by atoms with Crippen LogP contribution in [0.4, 0.5) is 11.4 Å². The third-order valence-corrected chi connectivity index (χ3v) is 5.64. The Morgan fingerprint density at radius 3 is 2.43 bits per heavy atom. The predicted molar refractivity (Wildman–Crippen MR) is 117 cm³/mol. The van der Waals surface area contributed by atoms with Crippen molar-refractivity contribution in [3.05, 3.63) is 81.3 Å². The lowest BCUT2D eigenvalue weighted by Gasteiger charge is -2.13. The minimum Gasteiger partial charge on any atom is -0.326 e. The molecule has 1 amide bonds. The van der Waals surface area contributed by atoms with Crippen molar-refractivity contribution in [2.45, 2.75) is 6.92 Å². The zero-order valence-corrected chi connectivity index (χ0v) is 16.7. The number of benzene rings is 2. The van der Waals surface area contributed by atoms with Crippen molar-refractivity contribution < 1.29 is 14.4 Å². The molecule has 1 aromatic heterocycles. The molecule has 1 N–H and O–H groups in total. The Balaban J connectivity index is 1.68. The van der Waals surface area contributed by atoms with Gasteiger partial charge in [-0.25, -0.2) is 4.85 Å². The fourth-order valence-electron chi connectivity index (χ4n) is 3.26. The molecule has 3 aromatic rings. The van der Waals surface area contributed by atoms with E-state index in [1.165, 1.54) is 18.3 Å². The number of rotatable bonds is 4. The van der Waals surface area contributed by atoms with E-state index in [2.05, 4.69) is 15.2 Å². The number of amides is 1. The minimum atomic E-state index is -0.269. The maximum Gasteiger partial charge on any atom is 0.221 e. The van der Waals surface area contributed by atoms with Crippen LogP contribution in [0.3, 0.4) is 0 Å². The Bertz CT molecular complexity index is 1250. The maximum atomic E-state index is 13.1. The van der Waals surface area contributed by atoms with E-state index in [1.54, 1.807) is 48.5 Å². The van der Waals surface area contributed by atoms with Gasteiger partial charge in [0.1, 0.15) is 12.3 Å². The average Bonchev–Trinajstić information content (AvgIpc) is 3.20. The number of Topliss-reactive ketones (excluding diaryl/α,β-unsaturated/α-hetero) is 2. The molecule has 0 aliphatic carbocycles. The molecule has 30 heavy (non-hydrogen) atoms. The minimum absolute atomic E-state index is 0.0814. The fourth-order valence-corrected chi connectivity index (χ4v) is 4.36. The largest absolute Gasteiger partial charge is 0.326 e. The van der Waals surface area contributed by atoms with Crippen LogP contribution in [0.5, 0.6) is 0 Å². The second-order valence-corrected chi connectivity index (χ2v) is 7.57.